The van der Waals surface area contributed by atoms with Crippen LogP contribution in [0.5, 0.6) is 0 Å². The molecule has 0 saturated carbocycles. The molecule has 0 aliphatic carbocycles. The Hall–Kier alpha value is -2.17. The maximum atomic E-state index is 12.0. The lowest BCUT2D eigenvalue weighted by atomic mass is 10.2. The number of benzene rings is 1. The third-order valence-electron chi connectivity index (χ3n) is 2.90. The van der Waals surface area contributed by atoms with Gasteiger partial charge in [0, 0.05) is 22.7 Å². The molecular weight excluding hydrogens is 304 g/mol. The Bertz CT molecular complexity index is 812. The Kier molecular flexibility index (Phi) is 3.99. The number of hydrogen-bond donors (Lipinski definition) is 1. The molecule has 0 aliphatic rings. The molecule has 3 rings (SSSR count). The highest BCUT2D eigenvalue weighted by molar-refractivity contribution is 7.08. The van der Waals surface area contributed by atoms with Gasteiger partial charge < -0.3 is 5.32 Å². The molecule has 0 atom stereocenters. The molecule has 1 amide bonds. The molecule has 0 spiro atoms. The molecule has 2 heterocycles. The van der Waals surface area contributed by atoms with Crippen molar-refractivity contribution in [1.82, 2.24) is 4.98 Å². The fourth-order valence-corrected chi connectivity index (χ4v) is 2.82. The molecule has 5 heteroatoms. The number of rotatable bonds is 3. The summed E-state index contributed by atoms with van der Waals surface area (Å²) in [6.07, 6.45) is 4.96. The van der Waals surface area contributed by atoms with Crippen LogP contribution in [0.2, 0.25) is 5.02 Å². The van der Waals surface area contributed by atoms with Gasteiger partial charge in [-0.1, -0.05) is 17.7 Å². The number of fused-ring (bicyclic) bond motifs is 1. The number of thiophene rings is 1. The second-order valence-corrected chi connectivity index (χ2v) is 5.62. The van der Waals surface area contributed by atoms with E-state index in [0.29, 0.717) is 10.7 Å². The summed E-state index contributed by atoms with van der Waals surface area (Å²) in [5.74, 6) is -0.213. The summed E-state index contributed by atoms with van der Waals surface area (Å²) in [6.45, 7) is 0. The van der Waals surface area contributed by atoms with Crippen LogP contribution in [0.1, 0.15) is 5.56 Å². The summed E-state index contributed by atoms with van der Waals surface area (Å²) < 4.78 is 0. The normalized spacial score (nSPS) is 11.1. The van der Waals surface area contributed by atoms with Gasteiger partial charge >= 0.3 is 0 Å². The molecule has 21 heavy (non-hydrogen) atoms. The zero-order valence-corrected chi connectivity index (χ0v) is 12.5. The van der Waals surface area contributed by atoms with E-state index in [0.717, 1.165) is 16.5 Å². The van der Waals surface area contributed by atoms with Crippen molar-refractivity contribution in [3.8, 4) is 0 Å². The van der Waals surface area contributed by atoms with Crippen molar-refractivity contribution in [3.63, 3.8) is 0 Å². The number of aromatic nitrogens is 1. The molecule has 0 saturated heterocycles. The highest BCUT2D eigenvalue weighted by Gasteiger charge is 2.06. The lowest BCUT2D eigenvalue weighted by Crippen LogP contribution is -2.08. The number of nitrogens with zero attached hydrogens (tertiary/aromatic N) is 1. The van der Waals surface area contributed by atoms with E-state index in [4.69, 9.17) is 11.6 Å². The van der Waals surface area contributed by atoms with Crippen molar-refractivity contribution >= 4 is 51.5 Å². The molecule has 104 valence electrons. The fraction of sp³-hybridized carbons (Fsp3) is 0. The highest BCUT2D eigenvalue weighted by Crippen LogP contribution is 2.26. The van der Waals surface area contributed by atoms with Crippen molar-refractivity contribution in [3.05, 3.63) is 64.0 Å². The Morgan fingerprint density at radius 3 is 3.05 bits per heavy atom. The van der Waals surface area contributed by atoms with Gasteiger partial charge in [0.2, 0.25) is 5.91 Å². The molecule has 2 aromatic heterocycles. The van der Waals surface area contributed by atoms with Crippen LogP contribution in [0, 0.1) is 0 Å². The first-order valence-electron chi connectivity index (χ1n) is 6.28. The Labute approximate surface area is 130 Å². The summed E-state index contributed by atoms with van der Waals surface area (Å²) in [5.41, 5.74) is 2.33. The van der Waals surface area contributed by atoms with Crippen LogP contribution in [-0.2, 0) is 4.79 Å². The van der Waals surface area contributed by atoms with E-state index in [1.54, 1.807) is 29.7 Å². The lowest BCUT2D eigenvalue weighted by molar-refractivity contribution is -0.111. The third kappa shape index (κ3) is 3.29. The largest absolute Gasteiger partial charge is 0.321 e. The molecule has 1 aromatic carbocycles. The first-order valence-corrected chi connectivity index (χ1v) is 7.60. The third-order valence-corrected chi connectivity index (χ3v) is 3.82. The van der Waals surface area contributed by atoms with Gasteiger partial charge in [0.15, 0.2) is 0 Å². The van der Waals surface area contributed by atoms with Gasteiger partial charge in [-0.25, -0.2) is 0 Å². The van der Waals surface area contributed by atoms with E-state index in [9.17, 15) is 4.79 Å². The summed E-state index contributed by atoms with van der Waals surface area (Å²) >= 11 is 7.66. The van der Waals surface area contributed by atoms with E-state index >= 15 is 0 Å². The fourth-order valence-electron chi connectivity index (χ4n) is 1.97. The number of nitrogens with one attached hydrogen (secondary N) is 1. The first-order chi connectivity index (χ1) is 10.2. The summed E-state index contributed by atoms with van der Waals surface area (Å²) in [5, 5.41) is 8.21. The highest BCUT2D eigenvalue weighted by atomic mass is 35.5. The summed E-state index contributed by atoms with van der Waals surface area (Å²) in [6, 6.07) is 9.21. The van der Waals surface area contributed by atoms with E-state index in [1.807, 2.05) is 35.0 Å². The molecule has 0 bridgehead atoms. The minimum Gasteiger partial charge on any atom is -0.321 e. The average molecular weight is 315 g/mol. The summed E-state index contributed by atoms with van der Waals surface area (Å²) in [7, 11) is 0. The quantitative estimate of drug-likeness (QED) is 0.718. The second kappa shape index (κ2) is 6.08. The van der Waals surface area contributed by atoms with Gasteiger partial charge in [0.05, 0.1) is 11.2 Å². The van der Waals surface area contributed by atoms with Gasteiger partial charge in [0.25, 0.3) is 0 Å². The minimum atomic E-state index is -0.213. The van der Waals surface area contributed by atoms with Crippen LogP contribution >= 0.6 is 22.9 Å². The smallest absolute Gasteiger partial charge is 0.248 e. The Balaban J connectivity index is 1.86. The van der Waals surface area contributed by atoms with Crippen molar-refractivity contribution < 1.29 is 4.79 Å². The van der Waals surface area contributed by atoms with Crippen LogP contribution in [-0.4, -0.2) is 10.9 Å². The number of hydrogen-bond acceptors (Lipinski definition) is 3. The second-order valence-electron chi connectivity index (χ2n) is 4.41. The Morgan fingerprint density at radius 1 is 1.33 bits per heavy atom. The SMILES string of the molecule is O=C(/C=C/c1ccsc1)Nc1cc(Cl)cc2cccnc12. The van der Waals surface area contributed by atoms with Crippen molar-refractivity contribution in [2.45, 2.75) is 0 Å². The van der Waals surface area contributed by atoms with Crippen LogP contribution in [0.15, 0.2) is 53.4 Å². The molecular formula is C16H11ClN2OS. The standard InChI is InChI=1S/C16H11ClN2OS/c17-13-8-12-2-1-6-18-16(12)14(9-13)19-15(20)4-3-11-5-7-21-10-11/h1-10H,(H,19,20)/b4-3+. The number of amides is 1. The predicted molar refractivity (Wildman–Crippen MR) is 88.7 cm³/mol. The van der Waals surface area contributed by atoms with Crippen molar-refractivity contribution in [2.75, 3.05) is 5.32 Å². The molecule has 1 N–H and O–H groups in total. The van der Waals surface area contributed by atoms with E-state index in [2.05, 4.69) is 10.3 Å². The number of halogens is 1. The van der Waals surface area contributed by atoms with Gasteiger partial charge in [-0.05, 0) is 46.7 Å². The molecule has 0 aliphatic heterocycles. The van der Waals surface area contributed by atoms with Gasteiger partial charge in [0.1, 0.15) is 0 Å². The number of carbonyl (C=O) groups excluding carboxylic acids is 1. The van der Waals surface area contributed by atoms with Crippen molar-refractivity contribution in [1.29, 1.82) is 0 Å². The average Bonchev–Trinajstić information content (AvgIpc) is 2.98. The lowest BCUT2D eigenvalue weighted by Gasteiger charge is -2.07. The molecule has 0 fully saturated rings. The number of carbonyl (C=O) groups is 1. The number of anilines is 1. The maximum Gasteiger partial charge on any atom is 0.248 e. The van der Waals surface area contributed by atoms with E-state index < -0.39 is 0 Å². The monoisotopic (exact) mass is 314 g/mol. The molecule has 3 aromatic rings. The van der Waals surface area contributed by atoms with Crippen molar-refractivity contribution in [2.24, 2.45) is 0 Å². The summed E-state index contributed by atoms with van der Waals surface area (Å²) in [4.78, 5) is 16.3. The van der Waals surface area contributed by atoms with Gasteiger partial charge in [-0.2, -0.15) is 11.3 Å². The maximum absolute atomic E-state index is 12.0. The van der Waals surface area contributed by atoms with Crippen LogP contribution in [0.25, 0.3) is 17.0 Å². The zero-order chi connectivity index (χ0) is 14.7. The zero-order valence-electron chi connectivity index (χ0n) is 10.9. The van der Waals surface area contributed by atoms with E-state index in [-0.39, 0.29) is 5.91 Å². The molecule has 0 radical (unpaired) electrons. The molecule has 3 nitrogen and oxygen atoms in total. The topological polar surface area (TPSA) is 42.0 Å². The van der Waals surface area contributed by atoms with Crippen LogP contribution < -0.4 is 5.32 Å². The number of pyridine rings is 1. The van der Waals surface area contributed by atoms with Crippen LogP contribution in [0.4, 0.5) is 5.69 Å². The minimum absolute atomic E-state index is 0.213. The van der Waals surface area contributed by atoms with E-state index in [1.165, 1.54) is 6.08 Å². The molecule has 0 unspecified atom stereocenters. The first kappa shape index (κ1) is 13.8. The Morgan fingerprint density at radius 2 is 2.24 bits per heavy atom. The van der Waals surface area contributed by atoms with Gasteiger partial charge in [-0.15, -0.1) is 0 Å². The van der Waals surface area contributed by atoms with Crippen LogP contribution in [0.3, 0.4) is 0 Å². The predicted octanol–water partition coefficient (Wildman–Crippen LogP) is 4.60. The van der Waals surface area contributed by atoms with Gasteiger partial charge in [-0.3, -0.25) is 9.78 Å².